The lowest BCUT2D eigenvalue weighted by Crippen LogP contribution is -2.25. The van der Waals surface area contributed by atoms with E-state index in [1.807, 2.05) is 12.1 Å². The highest BCUT2D eigenvalue weighted by molar-refractivity contribution is 9.10. The van der Waals surface area contributed by atoms with Crippen LogP contribution < -0.4 is 5.32 Å². The van der Waals surface area contributed by atoms with E-state index >= 15 is 0 Å². The second-order valence-corrected chi connectivity index (χ2v) is 5.21. The predicted octanol–water partition coefficient (Wildman–Crippen LogP) is 4.41. The van der Waals surface area contributed by atoms with Gasteiger partial charge in [0.05, 0.1) is 5.02 Å². The van der Waals surface area contributed by atoms with Crippen molar-refractivity contribution in [3.8, 4) is 0 Å². The number of rotatable bonds is 4. The third kappa shape index (κ3) is 3.47. The van der Waals surface area contributed by atoms with Crippen LogP contribution >= 0.6 is 27.5 Å². The van der Waals surface area contributed by atoms with Gasteiger partial charge in [0.25, 0.3) is 0 Å². The molecule has 0 bridgehead atoms. The molecule has 0 saturated carbocycles. The fraction of sp³-hybridized carbons (Fsp3) is 0.500. The topological polar surface area (TPSA) is 12.0 Å². The highest BCUT2D eigenvalue weighted by Gasteiger charge is 2.15. The van der Waals surface area contributed by atoms with E-state index in [2.05, 4.69) is 48.1 Å². The second kappa shape index (κ2) is 5.88. The zero-order valence-electron chi connectivity index (χ0n) is 9.35. The highest BCUT2D eigenvalue weighted by Crippen LogP contribution is 2.28. The minimum Gasteiger partial charge on any atom is -0.310 e. The molecule has 15 heavy (non-hydrogen) atoms. The van der Waals surface area contributed by atoms with Crippen LogP contribution in [0, 0.1) is 5.92 Å². The highest BCUT2D eigenvalue weighted by atomic mass is 79.9. The van der Waals surface area contributed by atoms with E-state index in [1.54, 1.807) is 0 Å². The van der Waals surface area contributed by atoms with E-state index in [1.165, 1.54) is 5.56 Å². The summed E-state index contributed by atoms with van der Waals surface area (Å²) in [5.41, 5.74) is 1.25. The first-order valence-corrected chi connectivity index (χ1v) is 6.41. The average molecular weight is 291 g/mol. The van der Waals surface area contributed by atoms with Crippen molar-refractivity contribution < 1.29 is 0 Å². The minimum atomic E-state index is 0.376. The SMILES string of the molecule is CCNC(c1ccc(Br)c(Cl)c1)C(C)C. The molecule has 0 aliphatic heterocycles. The van der Waals surface area contributed by atoms with Crippen LogP contribution in [0.15, 0.2) is 22.7 Å². The largest absolute Gasteiger partial charge is 0.310 e. The van der Waals surface area contributed by atoms with Crippen LogP contribution in [0.3, 0.4) is 0 Å². The van der Waals surface area contributed by atoms with Gasteiger partial charge in [-0.25, -0.2) is 0 Å². The van der Waals surface area contributed by atoms with E-state index in [9.17, 15) is 0 Å². The standard InChI is InChI=1S/C12H17BrClN/c1-4-15-12(8(2)3)9-5-6-10(13)11(14)7-9/h5-8,12,15H,4H2,1-3H3. The van der Waals surface area contributed by atoms with Crippen LogP contribution in [-0.4, -0.2) is 6.54 Å². The molecule has 0 heterocycles. The molecule has 0 fully saturated rings. The molecule has 1 aromatic carbocycles. The Labute approximate surface area is 105 Å². The zero-order chi connectivity index (χ0) is 11.4. The van der Waals surface area contributed by atoms with E-state index in [-0.39, 0.29) is 0 Å². The van der Waals surface area contributed by atoms with Crippen LogP contribution in [0.1, 0.15) is 32.4 Å². The van der Waals surface area contributed by atoms with Gasteiger partial charge < -0.3 is 5.32 Å². The van der Waals surface area contributed by atoms with Gasteiger partial charge in [0, 0.05) is 10.5 Å². The third-order valence-electron chi connectivity index (χ3n) is 2.39. The average Bonchev–Trinajstić information content (AvgIpc) is 2.18. The summed E-state index contributed by atoms with van der Waals surface area (Å²) in [6.45, 7) is 7.51. The van der Waals surface area contributed by atoms with Gasteiger partial charge in [-0.15, -0.1) is 0 Å². The summed E-state index contributed by atoms with van der Waals surface area (Å²) in [7, 11) is 0. The molecule has 1 atom stereocenters. The fourth-order valence-corrected chi connectivity index (χ4v) is 2.10. The van der Waals surface area contributed by atoms with Gasteiger partial charge >= 0.3 is 0 Å². The van der Waals surface area contributed by atoms with Crippen molar-refractivity contribution in [1.82, 2.24) is 5.32 Å². The van der Waals surface area contributed by atoms with Gasteiger partial charge in [-0.3, -0.25) is 0 Å². The maximum absolute atomic E-state index is 6.09. The van der Waals surface area contributed by atoms with Gasteiger partial charge in [0.15, 0.2) is 0 Å². The Hall–Kier alpha value is -0.0500. The van der Waals surface area contributed by atoms with E-state index in [4.69, 9.17) is 11.6 Å². The lowest BCUT2D eigenvalue weighted by molar-refractivity contribution is 0.422. The van der Waals surface area contributed by atoms with Gasteiger partial charge in [-0.1, -0.05) is 38.4 Å². The Morgan fingerprint density at radius 1 is 1.40 bits per heavy atom. The van der Waals surface area contributed by atoms with Crippen LogP contribution in [-0.2, 0) is 0 Å². The van der Waals surface area contributed by atoms with Crippen LogP contribution in [0.5, 0.6) is 0 Å². The summed E-state index contributed by atoms with van der Waals surface area (Å²) in [4.78, 5) is 0. The molecule has 1 N–H and O–H groups in total. The van der Waals surface area contributed by atoms with Crippen molar-refractivity contribution in [2.24, 2.45) is 5.92 Å². The van der Waals surface area contributed by atoms with Gasteiger partial charge in [-0.2, -0.15) is 0 Å². The molecule has 0 aromatic heterocycles. The smallest absolute Gasteiger partial charge is 0.0551 e. The molecule has 1 aromatic rings. The maximum atomic E-state index is 6.09. The molecule has 0 aliphatic rings. The Morgan fingerprint density at radius 2 is 2.07 bits per heavy atom. The number of hydrogen-bond donors (Lipinski definition) is 1. The lowest BCUT2D eigenvalue weighted by atomic mass is 9.96. The number of hydrogen-bond acceptors (Lipinski definition) is 1. The molecule has 3 heteroatoms. The number of halogens is 2. The molecular formula is C12H17BrClN. The maximum Gasteiger partial charge on any atom is 0.0551 e. The molecule has 84 valence electrons. The second-order valence-electron chi connectivity index (χ2n) is 3.95. The monoisotopic (exact) mass is 289 g/mol. The molecule has 1 nitrogen and oxygen atoms in total. The summed E-state index contributed by atoms with van der Waals surface area (Å²) in [5, 5.41) is 4.25. The van der Waals surface area contributed by atoms with Crippen molar-refractivity contribution in [2.75, 3.05) is 6.54 Å². The Kier molecular flexibility index (Phi) is 5.10. The fourth-order valence-electron chi connectivity index (χ4n) is 1.66. The molecule has 0 radical (unpaired) electrons. The summed E-state index contributed by atoms with van der Waals surface area (Å²) in [6, 6.07) is 6.52. The molecule has 0 spiro atoms. The van der Waals surface area contributed by atoms with E-state index < -0.39 is 0 Å². The van der Waals surface area contributed by atoms with E-state index in [0.29, 0.717) is 12.0 Å². The van der Waals surface area contributed by atoms with Gasteiger partial charge in [-0.05, 0) is 46.1 Å². The number of nitrogens with one attached hydrogen (secondary N) is 1. The molecule has 1 unspecified atom stereocenters. The zero-order valence-corrected chi connectivity index (χ0v) is 11.7. The van der Waals surface area contributed by atoms with E-state index in [0.717, 1.165) is 16.0 Å². The van der Waals surface area contributed by atoms with Crippen molar-refractivity contribution in [3.05, 3.63) is 33.3 Å². The van der Waals surface area contributed by atoms with Gasteiger partial charge in [0.1, 0.15) is 0 Å². The first-order valence-electron chi connectivity index (χ1n) is 5.24. The lowest BCUT2D eigenvalue weighted by Gasteiger charge is -2.22. The molecule has 1 rings (SSSR count). The minimum absolute atomic E-state index is 0.376. The molecule has 0 amide bonds. The first kappa shape index (κ1) is 13.0. The summed E-state index contributed by atoms with van der Waals surface area (Å²) in [6.07, 6.45) is 0. The first-order chi connectivity index (χ1) is 7.06. The van der Waals surface area contributed by atoms with Gasteiger partial charge in [0.2, 0.25) is 0 Å². The van der Waals surface area contributed by atoms with Crippen LogP contribution in [0.25, 0.3) is 0 Å². The Balaban J connectivity index is 2.95. The summed E-state index contributed by atoms with van der Waals surface area (Å²) < 4.78 is 0.951. The Bertz CT molecular complexity index is 325. The summed E-state index contributed by atoms with van der Waals surface area (Å²) in [5.74, 6) is 0.558. The predicted molar refractivity (Wildman–Crippen MR) is 70.4 cm³/mol. The Morgan fingerprint density at radius 3 is 2.53 bits per heavy atom. The summed E-state index contributed by atoms with van der Waals surface area (Å²) >= 11 is 9.49. The molecule has 0 aliphatic carbocycles. The molecule has 0 saturated heterocycles. The normalized spacial score (nSPS) is 13.2. The van der Waals surface area contributed by atoms with Crippen LogP contribution in [0.4, 0.5) is 0 Å². The molecular weight excluding hydrogens is 273 g/mol. The van der Waals surface area contributed by atoms with Crippen LogP contribution in [0.2, 0.25) is 5.02 Å². The quantitative estimate of drug-likeness (QED) is 0.866. The third-order valence-corrected chi connectivity index (χ3v) is 3.63. The number of benzene rings is 1. The van der Waals surface area contributed by atoms with Crippen molar-refractivity contribution in [2.45, 2.75) is 26.8 Å². The van der Waals surface area contributed by atoms with Crippen molar-refractivity contribution >= 4 is 27.5 Å². The van der Waals surface area contributed by atoms with Crippen molar-refractivity contribution in [3.63, 3.8) is 0 Å². The van der Waals surface area contributed by atoms with Crippen molar-refractivity contribution in [1.29, 1.82) is 0 Å².